The lowest BCUT2D eigenvalue weighted by Gasteiger charge is -2.36. The van der Waals surface area contributed by atoms with E-state index in [2.05, 4.69) is 5.10 Å². The zero-order valence-electron chi connectivity index (χ0n) is 21.3. The van der Waals surface area contributed by atoms with E-state index >= 15 is 0 Å². The molecule has 0 radical (unpaired) electrons. The fraction of sp³-hybridized carbons (Fsp3) is 0.214. The van der Waals surface area contributed by atoms with Crippen molar-refractivity contribution in [1.29, 1.82) is 0 Å². The number of hydrogen-bond acceptors (Lipinski definition) is 6. The second kappa shape index (κ2) is 10.7. The van der Waals surface area contributed by atoms with E-state index in [1.165, 1.54) is 35.0 Å². The lowest BCUT2D eigenvalue weighted by Crippen LogP contribution is -2.49. The van der Waals surface area contributed by atoms with Crippen LogP contribution in [0, 0.1) is 10.1 Å². The highest BCUT2D eigenvalue weighted by atomic mass is 19.4. The Bertz CT molecular complexity index is 1530. The number of hydrogen-bond donors (Lipinski definition) is 0. The predicted molar refractivity (Wildman–Crippen MR) is 142 cm³/mol. The van der Waals surface area contributed by atoms with Gasteiger partial charge in [-0.1, -0.05) is 6.07 Å². The highest BCUT2D eigenvalue weighted by molar-refractivity contribution is 5.94. The minimum absolute atomic E-state index is 0.0927. The molecule has 1 aromatic heterocycles. The van der Waals surface area contributed by atoms with Gasteiger partial charge in [0.25, 0.3) is 11.6 Å². The molecule has 3 aromatic carbocycles. The summed E-state index contributed by atoms with van der Waals surface area (Å²) in [5, 5.41) is 15.8. The van der Waals surface area contributed by atoms with Gasteiger partial charge in [-0.05, 0) is 60.7 Å². The summed E-state index contributed by atoms with van der Waals surface area (Å²) in [6.07, 6.45) is -4.44. The Kier molecular flexibility index (Phi) is 7.16. The van der Waals surface area contributed by atoms with Crippen molar-refractivity contribution < 1.29 is 27.6 Å². The molecule has 1 amide bonds. The maximum absolute atomic E-state index is 13.7. The third-order valence-corrected chi connectivity index (χ3v) is 6.72. The van der Waals surface area contributed by atoms with Gasteiger partial charge in [0.1, 0.15) is 11.4 Å². The van der Waals surface area contributed by atoms with Crippen molar-refractivity contribution in [2.24, 2.45) is 0 Å². The van der Waals surface area contributed by atoms with E-state index in [4.69, 9.17) is 4.74 Å². The minimum Gasteiger partial charge on any atom is -0.497 e. The number of halogens is 3. The number of nitro groups is 1. The smallest absolute Gasteiger partial charge is 0.416 e. The molecule has 5 rings (SSSR count). The van der Waals surface area contributed by atoms with Gasteiger partial charge in [0.15, 0.2) is 0 Å². The zero-order chi connectivity index (χ0) is 28.4. The molecule has 2 heterocycles. The summed E-state index contributed by atoms with van der Waals surface area (Å²) in [5.74, 6) is 0.350. The molecule has 0 aliphatic carbocycles. The molecular formula is C28H24F3N5O4. The van der Waals surface area contributed by atoms with E-state index in [0.717, 1.165) is 17.7 Å². The fourth-order valence-corrected chi connectivity index (χ4v) is 4.56. The molecule has 12 heteroatoms. The van der Waals surface area contributed by atoms with Gasteiger partial charge in [0.2, 0.25) is 0 Å². The Morgan fingerprint density at radius 2 is 1.60 bits per heavy atom. The Morgan fingerprint density at radius 1 is 0.925 bits per heavy atom. The van der Waals surface area contributed by atoms with Gasteiger partial charge in [0.05, 0.1) is 29.0 Å². The first-order valence-corrected chi connectivity index (χ1v) is 12.3. The Labute approximate surface area is 227 Å². The topological polar surface area (TPSA) is 93.7 Å². The lowest BCUT2D eigenvalue weighted by atomic mass is 10.1. The summed E-state index contributed by atoms with van der Waals surface area (Å²) in [5.41, 5.74) is 1.62. The highest BCUT2D eigenvalue weighted by Crippen LogP contribution is 2.32. The van der Waals surface area contributed by atoms with Crippen LogP contribution in [0.3, 0.4) is 0 Å². The maximum atomic E-state index is 13.7. The highest BCUT2D eigenvalue weighted by Gasteiger charge is 2.32. The van der Waals surface area contributed by atoms with Gasteiger partial charge in [-0.3, -0.25) is 14.9 Å². The van der Waals surface area contributed by atoms with Crippen molar-refractivity contribution in [1.82, 2.24) is 14.7 Å². The molecule has 0 spiro atoms. The number of nitro benzene ring substituents is 1. The number of carbonyl (C=O) groups is 1. The number of nitrogens with zero attached hydrogens (tertiary/aromatic N) is 5. The maximum Gasteiger partial charge on any atom is 0.416 e. The predicted octanol–water partition coefficient (Wildman–Crippen LogP) is 5.44. The first kappa shape index (κ1) is 26.7. The summed E-state index contributed by atoms with van der Waals surface area (Å²) < 4.78 is 46.2. The largest absolute Gasteiger partial charge is 0.497 e. The van der Waals surface area contributed by atoms with Crippen LogP contribution in [-0.2, 0) is 6.18 Å². The quantitative estimate of drug-likeness (QED) is 0.234. The van der Waals surface area contributed by atoms with Gasteiger partial charge in [-0.2, -0.15) is 18.3 Å². The number of aromatic nitrogens is 2. The normalized spacial score (nSPS) is 13.8. The molecule has 4 aromatic rings. The monoisotopic (exact) mass is 551 g/mol. The van der Waals surface area contributed by atoms with Crippen LogP contribution in [0.15, 0.2) is 78.9 Å². The molecule has 1 fully saturated rings. The molecule has 1 aliphatic rings. The molecule has 0 unspecified atom stereocenters. The summed E-state index contributed by atoms with van der Waals surface area (Å²) in [4.78, 5) is 27.8. The van der Waals surface area contributed by atoms with Crippen molar-refractivity contribution in [3.8, 4) is 22.7 Å². The number of anilines is 1. The summed E-state index contributed by atoms with van der Waals surface area (Å²) in [6, 6.07) is 19.7. The number of ether oxygens (including phenoxy) is 1. The second-order valence-electron chi connectivity index (χ2n) is 9.16. The van der Waals surface area contributed by atoms with Crippen LogP contribution in [-0.4, -0.2) is 58.8 Å². The number of methoxy groups -OCH3 is 1. The van der Waals surface area contributed by atoms with E-state index in [0.29, 0.717) is 49.0 Å². The average molecular weight is 552 g/mol. The van der Waals surface area contributed by atoms with Crippen LogP contribution in [0.4, 0.5) is 24.5 Å². The number of piperazine rings is 1. The fourth-order valence-electron chi connectivity index (χ4n) is 4.56. The molecule has 1 saturated heterocycles. The number of non-ortho nitro benzene ring substituents is 1. The molecule has 0 N–H and O–H groups in total. The Hall–Kier alpha value is -4.87. The van der Waals surface area contributed by atoms with Crippen LogP contribution in [0.1, 0.15) is 16.1 Å². The van der Waals surface area contributed by atoms with E-state index in [1.54, 1.807) is 36.3 Å². The summed E-state index contributed by atoms with van der Waals surface area (Å²) >= 11 is 0. The standard InChI is InChI=1S/C28H24F3N5O4/c1-40-24-11-5-19(6-12-24)25-18-26(35(32-25)21-7-9-22(10-8-21)36(38)39)27(37)34-15-13-33(14-16-34)23-4-2-3-20(17-23)28(29,30)31/h2-12,17-18H,13-16H2,1H3. The number of rotatable bonds is 6. The summed E-state index contributed by atoms with van der Waals surface area (Å²) in [7, 11) is 1.56. The molecule has 0 saturated carbocycles. The van der Waals surface area contributed by atoms with Crippen molar-refractivity contribution in [2.75, 3.05) is 38.2 Å². The van der Waals surface area contributed by atoms with Gasteiger partial charge in [-0.15, -0.1) is 0 Å². The Morgan fingerprint density at radius 3 is 2.20 bits per heavy atom. The molecule has 1 aliphatic heterocycles. The van der Waals surface area contributed by atoms with Gasteiger partial charge < -0.3 is 14.5 Å². The van der Waals surface area contributed by atoms with Gasteiger partial charge >= 0.3 is 6.18 Å². The molecule has 40 heavy (non-hydrogen) atoms. The molecule has 0 bridgehead atoms. The van der Waals surface area contributed by atoms with Gasteiger partial charge in [-0.25, -0.2) is 4.68 Å². The minimum atomic E-state index is -4.44. The van der Waals surface area contributed by atoms with E-state index in [1.807, 2.05) is 17.0 Å². The first-order chi connectivity index (χ1) is 19.1. The van der Waals surface area contributed by atoms with Crippen molar-refractivity contribution in [2.45, 2.75) is 6.18 Å². The third kappa shape index (κ3) is 5.46. The second-order valence-corrected chi connectivity index (χ2v) is 9.16. The van der Waals surface area contributed by atoms with Crippen molar-refractivity contribution in [3.05, 3.63) is 100 Å². The van der Waals surface area contributed by atoms with E-state index in [9.17, 15) is 28.1 Å². The number of alkyl halides is 3. The van der Waals surface area contributed by atoms with Crippen LogP contribution in [0.5, 0.6) is 5.75 Å². The van der Waals surface area contributed by atoms with Crippen LogP contribution >= 0.6 is 0 Å². The van der Waals surface area contributed by atoms with Crippen molar-refractivity contribution >= 4 is 17.3 Å². The molecular weight excluding hydrogens is 527 g/mol. The third-order valence-electron chi connectivity index (χ3n) is 6.72. The molecule has 9 nitrogen and oxygen atoms in total. The number of amides is 1. The van der Waals surface area contributed by atoms with Crippen LogP contribution in [0.2, 0.25) is 0 Å². The number of carbonyl (C=O) groups excluding carboxylic acids is 1. The van der Waals surface area contributed by atoms with E-state index in [-0.39, 0.29) is 17.3 Å². The van der Waals surface area contributed by atoms with E-state index < -0.39 is 16.7 Å². The average Bonchev–Trinajstić information content (AvgIpc) is 3.42. The Balaban J connectivity index is 1.41. The van der Waals surface area contributed by atoms with Crippen LogP contribution in [0.25, 0.3) is 16.9 Å². The first-order valence-electron chi connectivity index (χ1n) is 12.3. The molecule has 206 valence electrons. The lowest BCUT2D eigenvalue weighted by molar-refractivity contribution is -0.384. The number of benzene rings is 3. The van der Waals surface area contributed by atoms with Gasteiger partial charge in [0, 0.05) is 49.6 Å². The summed E-state index contributed by atoms with van der Waals surface area (Å²) in [6.45, 7) is 1.28. The SMILES string of the molecule is COc1ccc(-c2cc(C(=O)N3CCN(c4cccc(C(F)(F)F)c4)CC3)n(-c3ccc([N+](=O)[O-])cc3)n2)cc1. The molecule has 0 atom stereocenters. The zero-order valence-corrected chi connectivity index (χ0v) is 21.3. The van der Waals surface area contributed by atoms with Crippen molar-refractivity contribution in [3.63, 3.8) is 0 Å². The van der Waals surface area contributed by atoms with Crippen LogP contribution < -0.4 is 9.64 Å².